The van der Waals surface area contributed by atoms with Gasteiger partial charge in [0.2, 0.25) is 0 Å². The Morgan fingerprint density at radius 3 is 2.53 bits per heavy atom. The lowest BCUT2D eigenvalue weighted by molar-refractivity contribution is -0.132. The van der Waals surface area contributed by atoms with Gasteiger partial charge in [0.15, 0.2) is 9.76 Å². The maximum atomic E-state index is 10.8. The summed E-state index contributed by atoms with van der Waals surface area (Å²) < 4.78 is 20.9. The first-order chi connectivity index (χ1) is 8.22. The van der Waals surface area contributed by atoms with Gasteiger partial charge in [-0.1, -0.05) is 19.0 Å². The highest BCUT2D eigenvalue weighted by Gasteiger charge is 2.04. The fourth-order valence-electron chi connectivity index (χ4n) is 1.04. The molecule has 0 aliphatic heterocycles. The molecule has 0 saturated carbocycles. The SMILES string of the molecule is CCCC(=C[SiH2]O[SiH2]O[SiH2]O[SiH2]O[SiH3])C(=O)O. The molecule has 0 amide bonds. The highest BCUT2D eigenvalue weighted by Crippen LogP contribution is 2.03. The fraction of sp³-hybridized carbons (Fsp3) is 0.500. The molecule has 0 fully saturated rings. The van der Waals surface area contributed by atoms with Crippen LogP contribution in [0, 0.1) is 0 Å². The minimum Gasteiger partial charge on any atom is -0.478 e. The first-order valence-corrected chi connectivity index (χ1v) is 11.0. The lowest BCUT2D eigenvalue weighted by atomic mass is 10.2. The molecule has 100 valence electrons. The normalized spacial score (nSPS) is 14.8. The molecule has 17 heavy (non-hydrogen) atoms. The van der Waals surface area contributed by atoms with Gasteiger partial charge in [-0.3, -0.25) is 0 Å². The first kappa shape index (κ1) is 17.1. The van der Waals surface area contributed by atoms with E-state index in [1.165, 1.54) is 0 Å². The zero-order valence-electron chi connectivity index (χ0n) is 10.3. The summed E-state index contributed by atoms with van der Waals surface area (Å²) in [6.45, 7) is 1.96. The molecule has 0 spiro atoms. The van der Waals surface area contributed by atoms with Gasteiger partial charge in [0.1, 0.15) is 10.5 Å². The second-order valence-electron chi connectivity index (χ2n) is 3.21. The summed E-state index contributed by atoms with van der Waals surface area (Å²) in [6, 6.07) is 0. The minimum atomic E-state index is -0.959. The molecular weight excluding hydrogens is 308 g/mol. The van der Waals surface area contributed by atoms with Gasteiger partial charge < -0.3 is 21.6 Å². The van der Waals surface area contributed by atoms with Crippen molar-refractivity contribution in [2.75, 3.05) is 0 Å². The van der Waals surface area contributed by atoms with Gasteiger partial charge in [0, 0.05) is 5.57 Å². The molecule has 0 atom stereocenters. The largest absolute Gasteiger partial charge is 0.478 e. The molecule has 6 nitrogen and oxygen atoms in total. The van der Waals surface area contributed by atoms with Crippen LogP contribution >= 0.6 is 0 Å². The van der Waals surface area contributed by atoms with Crippen LogP contribution in [0.1, 0.15) is 19.8 Å². The summed E-state index contributed by atoms with van der Waals surface area (Å²) in [5.74, 6) is -0.835. The minimum absolute atomic E-state index is 0.471. The third-order valence-corrected chi connectivity index (χ3v) is 7.65. The molecule has 0 heterocycles. The average Bonchev–Trinajstić information content (AvgIpc) is 2.31. The van der Waals surface area contributed by atoms with Crippen LogP contribution in [0.2, 0.25) is 0 Å². The van der Waals surface area contributed by atoms with Crippen LogP contribution in [0.5, 0.6) is 0 Å². The van der Waals surface area contributed by atoms with Gasteiger partial charge in [-0.25, -0.2) is 4.79 Å². The van der Waals surface area contributed by atoms with E-state index in [1.807, 2.05) is 6.92 Å². The van der Waals surface area contributed by atoms with Crippen LogP contribution < -0.4 is 0 Å². The zero-order valence-corrected chi connectivity index (χ0v) is 18.0. The Morgan fingerprint density at radius 2 is 1.94 bits per heavy atom. The van der Waals surface area contributed by atoms with E-state index in [0.717, 1.165) is 16.9 Å². The maximum absolute atomic E-state index is 10.8. The van der Waals surface area contributed by atoms with Crippen LogP contribution in [0.25, 0.3) is 0 Å². The number of carboxylic acids is 1. The van der Waals surface area contributed by atoms with E-state index < -0.39 is 45.8 Å². The third-order valence-electron chi connectivity index (χ3n) is 1.78. The van der Waals surface area contributed by atoms with Gasteiger partial charge in [0.25, 0.3) is 30.0 Å². The Hall–Kier alpha value is 0.134. The van der Waals surface area contributed by atoms with E-state index in [9.17, 15) is 4.79 Å². The number of hydrogen-bond donors (Lipinski definition) is 1. The second-order valence-corrected chi connectivity index (χ2v) is 11.9. The highest BCUT2D eigenvalue weighted by atomic mass is 28.4. The van der Waals surface area contributed by atoms with Crippen LogP contribution in [-0.4, -0.2) is 61.3 Å². The van der Waals surface area contributed by atoms with Crippen molar-refractivity contribution in [2.24, 2.45) is 0 Å². The predicted octanol–water partition coefficient (Wildman–Crippen LogP) is -3.82. The molecule has 0 bridgehead atoms. The standard InChI is InChI=1S/C6H20O6Si5/c1-2-3-5(6(7)8)4-14-10-16-12-17-11-15-9-13/h4H,2-3,14-17H2,1,13H3,(H,7,8). The number of aliphatic carboxylic acids is 1. The van der Waals surface area contributed by atoms with E-state index in [0.29, 0.717) is 12.0 Å². The Kier molecular flexibility index (Phi) is 12.7. The highest BCUT2D eigenvalue weighted by molar-refractivity contribution is 6.48. The Morgan fingerprint density at radius 1 is 1.29 bits per heavy atom. The molecule has 0 unspecified atom stereocenters. The average molecular weight is 329 g/mol. The van der Waals surface area contributed by atoms with E-state index in [1.54, 1.807) is 5.70 Å². The molecule has 0 aromatic rings. The summed E-state index contributed by atoms with van der Waals surface area (Å²) in [4.78, 5) is 10.8. The van der Waals surface area contributed by atoms with E-state index in [-0.39, 0.29) is 0 Å². The monoisotopic (exact) mass is 328 g/mol. The van der Waals surface area contributed by atoms with Gasteiger partial charge in [-0.2, -0.15) is 0 Å². The Labute approximate surface area is 114 Å². The van der Waals surface area contributed by atoms with Gasteiger partial charge >= 0.3 is 5.97 Å². The maximum Gasteiger partial charge on any atom is 0.330 e. The first-order valence-electron chi connectivity index (χ1n) is 5.36. The molecule has 11 heteroatoms. The summed E-state index contributed by atoms with van der Waals surface area (Å²) in [5, 5.41) is 8.86. The fourth-order valence-corrected chi connectivity index (χ4v) is 8.25. The summed E-state index contributed by atoms with van der Waals surface area (Å²) >= 11 is 0. The van der Waals surface area contributed by atoms with Crippen molar-refractivity contribution < 1.29 is 26.4 Å². The predicted molar refractivity (Wildman–Crippen MR) is 79.1 cm³/mol. The molecule has 0 rings (SSSR count). The number of rotatable bonds is 11. The lowest BCUT2D eigenvalue weighted by Crippen LogP contribution is -2.16. The molecular formula is C6H20O6Si5. The summed E-state index contributed by atoms with van der Waals surface area (Å²) in [5.41, 5.74) is 2.22. The van der Waals surface area contributed by atoms with Gasteiger partial charge in [-0.05, 0) is 6.42 Å². The van der Waals surface area contributed by atoms with Gasteiger partial charge in [-0.15, -0.1) is 0 Å². The van der Waals surface area contributed by atoms with E-state index in [2.05, 4.69) is 0 Å². The van der Waals surface area contributed by atoms with E-state index in [4.69, 9.17) is 21.6 Å². The second kappa shape index (κ2) is 12.6. The number of carbonyl (C=O) groups is 1. The Bertz CT molecular complexity index is 237. The summed E-state index contributed by atoms with van der Waals surface area (Å²) in [7, 11) is -2.77. The van der Waals surface area contributed by atoms with Crippen molar-refractivity contribution in [3.8, 4) is 0 Å². The lowest BCUT2D eigenvalue weighted by Gasteiger charge is -2.05. The molecule has 0 saturated heterocycles. The third kappa shape index (κ3) is 11.0. The van der Waals surface area contributed by atoms with Crippen LogP contribution in [-0.2, 0) is 21.3 Å². The van der Waals surface area contributed by atoms with Crippen molar-refractivity contribution >= 4 is 56.2 Å². The van der Waals surface area contributed by atoms with Crippen molar-refractivity contribution in [1.82, 2.24) is 0 Å². The van der Waals surface area contributed by atoms with Crippen LogP contribution in [0.3, 0.4) is 0 Å². The smallest absolute Gasteiger partial charge is 0.330 e. The van der Waals surface area contributed by atoms with Crippen molar-refractivity contribution in [2.45, 2.75) is 19.8 Å². The topological polar surface area (TPSA) is 74.2 Å². The van der Waals surface area contributed by atoms with E-state index >= 15 is 0 Å². The molecule has 0 aromatic carbocycles. The quantitative estimate of drug-likeness (QED) is 0.238. The molecule has 0 aliphatic rings. The number of carboxylic acid groups (broad SMARTS) is 1. The van der Waals surface area contributed by atoms with Crippen molar-refractivity contribution in [3.05, 3.63) is 11.3 Å². The van der Waals surface area contributed by atoms with Crippen LogP contribution in [0.15, 0.2) is 11.3 Å². The molecule has 0 aliphatic carbocycles. The zero-order chi connectivity index (χ0) is 12.9. The molecule has 0 radical (unpaired) electrons. The van der Waals surface area contributed by atoms with Crippen molar-refractivity contribution in [3.63, 3.8) is 0 Å². The molecule has 1 N–H and O–H groups in total. The number of hydrogen-bond acceptors (Lipinski definition) is 5. The summed E-state index contributed by atoms with van der Waals surface area (Å²) in [6.07, 6.45) is 1.45. The van der Waals surface area contributed by atoms with Crippen molar-refractivity contribution in [1.29, 1.82) is 0 Å². The Balaban J connectivity index is 3.52. The van der Waals surface area contributed by atoms with Gasteiger partial charge in [0.05, 0.1) is 0 Å². The van der Waals surface area contributed by atoms with Crippen LogP contribution in [0.4, 0.5) is 0 Å². The molecule has 0 aromatic heterocycles.